The maximum Gasteiger partial charge on any atom is 0.204 e. The molecule has 3 nitrogen and oxygen atoms in total. The van der Waals surface area contributed by atoms with Gasteiger partial charge in [-0.15, -0.1) is 11.6 Å². The van der Waals surface area contributed by atoms with Crippen LogP contribution in [0.25, 0.3) is 11.0 Å². The van der Waals surface area contributed by atoms with E-state index < -0.39 is 0 Å². The van der Waals surface area contributed by atoms with Crippen molar-refractivity contribution in [1.29, 1.82) is 0 Å². The van der Waals surface area contributed by atoms with Gasteiger partial charge in [0.05, 0.1) is 11.0 Å². The van der Waals surface area contributed by atoms with Crippen molar-refractivity contribution in [3.8, 4) is 0 Å². The highest BCUT2D eigenvalue weighted by Gasteiger charge is 2.14. The molecular weight excluding hydrogens is 253 g/mol. The molecule has 98 valence electrons. The number of imidazole rings is 1. The zero-order chi connectivity index (χ0) is 13.1. The molecule has 0 aliphatic carbocycles. The number of fused-ring (bicyclic) bond motifs is 1. The Morgan fingerprint density at radius 1 is 1.44 bits per heavy atom. The van der Waals surface area contributed by atoms with E-state index in [4.69, 9.17) is 11.6 Å². The van der Waals surface area contributed by atoms with E-state index in [-0.39, 0.29) is 5.82 Å². The molecule has 0 amide bonds. The third-order valence-electron chi connectivity index (χ3n) is 2.86. The molecule has 0 aliphatic rings. The van der Waals surface area contributed by atoms with Crippen molar-refractivity contribution >= 4 is 28.6 Å². The van der Waals surface area contributed by atoms with E-state index in [0.717, 1.165) is 29.9 Å². The van der Waals surface area contributed by atoms with Gasteiger partial charge in [-0.25, -0.2) is 9.37 Å². The molecule has 0 atom stereocenters. The van der Waals surface area contributed by atoms with Gasteiger partial charge in [0.15, 0.2) is 0 Å². The van der Waals surface area contributed by atoms with Crippen LogP contribution in [0, 0.1) is 5.82 Å². The largest absolute Gasteiger partial charge is 0.340 e. The Hall–Kier alpha value is -1.29. The predicted molar refractivity (Wildman–Crippen MR) is 73.9 cm³/mol. The third kappa shape index (κ3) is 2.75. The summed E-state index contributed by atoms with van der Waals surface area (Å²) in [5.41, 5.74) is 1.50. The summed E-state index contributed by atoms with van der Waals surface area (Å²) in [5.74, 6) is 1.14. The van der Waals surface area contributed by atoms with Gasteiger partial charge >= 0.3 is 0 Å². The van der Waals surface area contributed by atoms with Gasteiger partial charge < -0.3 is 9.88 Å². The van der Waals surface area contributed by atoms with Crippen molar-refractivity contribution < 1.29 is 4.39 Å². The smallest absolute Gasteiger partial charge is 0.204 e. The van der Waals surface area contributed by atoms with Crippen molar-refractivity contribution in [1.82, 2.24) is 9.97 Å². The Morgan fingerprint density at radius 3 is 2.89 bits per heavy atom. The van der Waals surface area contributed by atoms with Crippen molar-refractivity contribution in [3.05, 3.63) is 24.0 Å². The molecular formula is C13H17ClFN3. The normalized spacial score (nSPS) is 11.4. The van der Waals surface area contributed by atoms with Crippen LogP contribution < -0.4 is 4.90 Å². The minimum atomic E-state index is -0.255. The van der Waals surface area contributed by atoms with E-state index in [1.54, 1.807) is 6.07 Å². The standard InChI is InChI=1S/C13H17ClFN3/c1-9(2)18(7-3-6-14)13-16-11-5-4-10(15)8-12(11)17-13/h4-5,8-9H,3,6-7H2,1-2H3,(H,16,17). The van der Waals surface area contributed by atoms with Gasteiger partial charge in [0.25, 0.3) is 0 Å². The highest BCUT2D eigenvalue weighted by Crippen LogP contribution is 2.20. The summed E-state index contributed by atoms with van der Waals surface area (Å²) in [6, 6.07) is 4.89. The molecule has 2 rings (SSSR count). The Bertz CT molecular complexity index is 524. The number of nitrogens with zero attached hydrogens (tertiary/aromatic N) is 2. The average molecular weight is 270 g/mol. The summed E-state index contributed by atoms with van der Waals surface area (Å²) in [6.45, 7) is 5.04. The van der Waals surface area contributed by atoms with Crippen molar-refractivity contribution in [3.63, 3.8) is 0 Å². The first kappa shape index (κ1) is 13.1. The summed E-state index contributed by atoms with van der Waals surface area (Å²) in [7, 11) is 0. The molecule has 0 bridgehead atoms. The van der Waals surface area contributed by atoms with E-state index in [2.05, 4.69) is 28.7 Å². The minimum absolute atomic E-state index is 0.255. The number of anilines is 1. The first-order valence-corrected chi connectivity index (χ1v) is 6.63. The molecule has 0 radical (unpaired) electrons. The van der Waals surface area contributed by atoms with E-state index in [1.165, 1.54) is 12.1 Å². The van der Waals surface area contributed by atoms with Crippen molar-refractivity contribution in [2.24, 2.45) is 0 Å². The van der Waals surface area contributed by atoms with E-state index in [0.29, 0.717) is 11.9 Å². The second-order valence-electron chi connectivity index (χ2n) is 4.55. The molecule has 5 heteroatoms. The van der Waals surface area contributed by atoms with Crippen LogP contribution in [0.15, 0.2) is 18.2 Å². The number of aromatic amines is 1. The number of hydrogen-bond acceptors (Lipinski definition) is 2. The highest BCUT2D eigenvalue weighted by molar-refractivity contribution is 6.17. The fourth-order valence-electron chi connectivity index (χ4n) is 1.94. The molecule has 0 aliphatic heterocycles. The van der Waals surface area contributed by atoms with Crippen LogP contribution in [0.3, 0.4) is 0 Å². The zero-order valence-electron chi connectivity index (χ0n) is 10.6. The van der Waals surface area contributed by atoms with Gasteiger partial charge in [-0.1, -0.05) is 0 Å². The number of H-pyrrole nitrogens is 1. The van der Waals surface area contributed by atoms with E-state index >= 15 is 0 Å². The summed E-state index contributed by atoms with van der Waals surface area (Å²) in [5, 5.41) is 0. The molecule has 0 saturated carbocycles. The summed E-state index contributed by atoms with van der Waals surface area (Å²) in [6.07, 6.45) is 0.894. The zero-order valence-corrected chi connectivity index (χ0v) is 11.3. The number of alkyl halides is 1. The molecule has 1 heterocycles. The predicted octanol–water partition coefficient (Wildman–Crippen LogP) is 3.55. The number of rotatable bonds is 5. The van der Waals surface area contributed by atoms with E-state index in [9.17, 15) is 4.39 Å². The molecule has 0 spiro atoms. The molecule has 1 aromatic carbocycles. The number of hydrogen-bond donors (Lipinski definition) is 1. The SMILES string of the molecule is CC(C)N(CCCCl)c1nc2ccc(F)cc2[nH]1. The maximum atomic E-state index is 13.1. The fourth-order valence-corrected chi connectivity index (χ4v) is 2.06. The Labute approximate surface area is 111 Å². The number of halogens is 2. The average Bonchev–Trinajstić information content (AvgIpc) is 2.71. The molecule has 1 N–H and O–H groups in total. The molecule has 0 unspecified atom stereocenters. The summed E-state index contributed by atoms with van der Waals surface area (Å²) < 4.78 is 13.1. The molecule has 2 aromatic rings. The van der Waals surface area contributed by atoms with Gasteiger partial charge in [0.2, 0.25) is 5.95 Å². The topological polar surface area (TPSA) is 31.9 Å². The second-order valence-corrected chi connectivity index (χ2v) is 4.93. The van der Waals surface area contributed by atoms with Gasteiger partial charge in [0.1, 0.15) is 5.82 Å². The first-order valence-electron chi connectivity index (χ1n) is 6.09. The molecule has 18 heavy (non-hydrogen) atoms. The van der Waals surface area contributed by atoms with Gasteiger partial charge in [-0.05, 0) is 38.5 Å². The minimum Gasteiger partial charge on any atom is -0.340 e. The summed E-state index contributed by atoms with van der Waals surface area (Å²) >= 11 is 5.73. The summed E-state index contributed by atoms with van der Waals surface area (Å²) in [4.78, 5) is 9.79. The van der Waals surface area contributed by atoms with Crippen molar-refractivity contribution in [2.75, 3.05) is 17.3 Å². The first-order chi connectivity index (χ1) is 8.61. The van der Waals surface area contributed by atoms with Gasteiger partial charge in [0, 0.05) is 18.5 Å². The monoisotopic (exact) mass is 269 g/mol. The van der Waals surface area contributed by atoms with Crippen LogP contribution >= 0.6 is 11.6 Å². The fraction of sp³-hybridized carbons (Fsp3) is 0.462. The number of benzene rings is 1. The number of aromatic nitrogens is 2. The lowest BCUT2D eigenvalue weighted by Crippen LogP contribution is -2.32. The Morgan fingerprint density at radius 2 is 2.22 bits per heavy atom. The lowest BCUT2D eigenvalue weighted by atomic mass is 10.3. The quantitative estimate of drug-likeness (QED) is 0.842. The van der Waals surface area contributed by atoms with Crippen LogP contribution in [-0.4, -0.2) is 28.4 Å². The van der Waals surface area contributed by atoms with Gasteiger partial charge in [-0.3, -0.25) is 0 Å². The molecule has 0 fully saturated rings. The number of nitrogens with one attached hydrogen (secondary N) is 1. The second kappa shape index (κ2) is 5.57. The Kier molecular flexibility index (Phi) is 4.07. The van der Waals surface area contributed by atoms with Crippen molar-refractivity contribution in [2.45, 2.75) is 26.3 Å². The molecule has 0 saturated heterocycles. The van der Waals surface area contributed by atoms with Crippen LogP contribution in [0.4, 0.5) is 10.3 Å². The lowest BCUT2D eigenvalue weighted by Gasteiger charge is -2.25. The van der Waals surface area contributed by atoms with Crippen LogP contribution in [0.2, 0.25) is 0 Å². The lowest BCUT2D eigenvalue weighted by molar-refractivity contribution is 0.629. The van der Waals surface area contributed by atoms with E-state index in [1.807, 2.05) is 0 Å². The van der Waals surface area contributed by atoms with Crippen LogP contribution in [0.5, 0.6) is 0 Å². The third-order valence-corrected chi connectivity index (χ3v) is 3.13. The Balaban J connectivity index is 2.32. The van der Waals surface area contributed by atoms with Crippen LogP contribution in [0.1, 0.15) is 20.3 Å². The maximum absolute atomic E-state index is 13.1. The highest BCUT2D eigenvalue weighted by atomic mass is 35.5. The van der Waals surface area contributed by atoms with Gasteiger partial charge in [-0.2, -0.15) is 0 Å². The molecule has 1 aromatic heterocycles. The van der Waals surface area contributed by atoms with Crippen LogP contribution in [-0.2, 0) is 0 Å².